The lowest BCUT2D eigenvalue weighted by molar-refractivity contribution is 0.0952. The summed E-state index contributed by atoms with van der Waals surface area (Å²) >= 11 is 0. The van der Waals surface area contributed by atoms with Crippen LogP contribution in [0.3, 0.4) is 0 Å². The first-order valence-electron chi connectivity index (χ1n) is 7.41. The minimum Gasteiger partial charge on any atom is -0.351 e. The van der Waals surface area contributed by atoms with Crippen molar-refractivity contribution in [2.75, 3.05) is 19.6 Å². The van der Waals surface area contributed by atoms with Gasteiger partial charge in [0.05, 0.1) is 0 Å². The maximum Gasteiger partial charge on any atom is 0.261 e. The molecule has 1 heterocycles. The number of carbonyl (C=O) groups is 2. The van der Waals surface area contributed by atoms with Gasteiger partial charge in [-0.15, -0.1) is 12.4 Å². The number of ketones is 1. The van der Waals surface area contributed by atoms with E-state index in [1.807, 2.05) is 0 Å². The minimum atomic E-state index is -0.435. The lowest BCUT2D eigenvalue weighted by Crippen LogP contribution is -2.35. The zero-order chi connectivity index (χ0) is 15.2. The molecule has 7 heteroatoms. The molecule has 2 rings (SSSR count). The number of H-pyrrole nitrogens is 1. The highest BCUT2D eigenvalue weighted by molar-refractivity contribution is 6.01. The summed E-state index contributed by atoms with van der Waals surface area (Å²) in [6.45, 7) is 4.06. The van der Waals surface area contributed by atoms with E-state index >= 15 is 0 Å². The number of Topliss-reactive ketones (excluding diaryl/α,β-unsaturated/α-hetero) is 1. The van der Waals surface area contributed by atoms with E-state index in [1.54, 1.807) is 0 Å². The molecule has 1 aromatic rings. The molecule has 0 aliphatic heterocycles. The van der Waals surface area contributed by atoms with Crippen LogP contribution < -0.4 is 16.2 Å². The van der Waals surface area contributed by atoms with Crippen LogP contribution in [0.1, 0.15) is 52.6 Å². The van der Waals surface area contributed by atoms with E-state index in [0.717, 1.165) is 19.4 Å². The summed E-state index contributed by atoms with van der Waals surface area (Å²) in [7, 11) is 0. The molecule has 1 aromatic heterocycles. The van der Waals surface area contributed by atoms with Crippen molar-refractivity contribution in [2.24, 2.45) is 0 Å². The van der Waals surface area contributed by atoms with Crippen LogP contribution in [0, 0.1) is 0 Å². The third-order valence-corrected chi connectivity index (χ3v) is 3.51. The number of amides is 1. The fourth-order valence-electron chi connectivity index (χ4n) is 2.41. The van der Waals surface area contributed by atoms with Crippen molar-refractivity contribution >= 4 is 24.1 Å². The molecule has 22 heavy (non-hydrogen) atoms. The Labute approximate surface area is 135 Å². The maximum atomic E-state index is 12.0. The third-order valence-electron chi connectivity index (χ3n) is 3.51. The first kappa shape index (κ1) is 18.4. The molecule has 122 valence electrons. The van der Waals surface area contributed by atoms with Crippen molar-refractivity contribution in [3.05, 3.63) is 33.2 Å². The molecule has 1 amide bonds. The van der Waals surface area contributed by atoms with E-state index < -0.39 is 11.5 Å². The number of aromatic nitrogens is 1. The SMILES string of the molecule is CCCNCCNC(=O)c1cc2c([nH]c1=O)CCCC2=O.Cl. The maximum absolute atomic E-state index is 12.0. The topological polar surface area (TPSA) is 91.1 Å². The van der Waals surface area contributed by atoms with Crippen LogP contribution in [0.4, 0.5) is 0 Å². The fraction of sp³-hybridized carbons (Fsp3) is 0.533. The molecule has 0 radical (unpaired) electrons. The summed E-state index contributed by atoms with van der Waals surface area (Å²) in [5.74, 6) is -0.443. The molecular formula is C15H22ClN3O3. The molecule has 0 aromatic carbocycles. The van der Waals surface area contributed by atoms with E-state index in [2.05, 4.69) is 22.5 Å². The van der Waals surface area contributed by atoms with Crippen molar-refractivity contribution in [1.29, 1.82) is 0 Å². The van der Waals surface area contributed by atoms with Crippen LogP contribution in [0.15, 0.2) is 10.9 Å². The predicted molar refractivity (Wildman–Crippen MR) is 87.1 cm³/mol. The first-order chi connectivity index (χ1) is 10.1. The number of aryl methyl sites for hydroxylation is 1. The normalized spacial score (nSPS) is 13.2. The van der Waals surface area contributed by atoms with Gasteiger partial charge >= 0.3 is 0 Å². The van der Waals surface area contributed by atoms with Crippen LogP contribution in [0.5, 0.6) is 0 Å². The van der Waals surface area contributed by atoms with Crippen LogP contribution in [-0.4, -0.2) is 36.3 Å². The van der Waals surface area contributed by atoms with Crippen molar-refractivity contribution in [1.82, 2.24) is 15.6 Å². The Balaban J connectivity index is 0.00000242. The standard InChI is InChI=1S/C15H21N3O3.ClH/c1-2-6-16-7-8-17-14(20)11-9-10-12(18-15(11)21)4-3-5-13(10)19;/h9,16H,2-8H2,1H3,(H,17,20)(H,18,21);1H. The van der Waals surface area contributed by atoms with E-state index in [4.69, 9.17) is 0 Å². The van der Waals surface area contributed by atoms with Gasteiger partial charge in [0.25, 0.3) is 11.5 Å². The van der Waals surface area contributed by atoms with Gasteiger partial charge in [0, 0.05) is 30.8 Å². The molecule has 0 saturated heterocycles. The summed E-state index contributed by atoms with van der Waals surface area (Å²) in [4.78, 5) is 38.5. The van der Waals surface area contributed by atoms with E-state index in [9.17, 15) is 14.4 Å². The van der Waals surface area contributed by atoms with Gasteiger partial charge in [-0.3, -0.25) is 14.4 Å². The Morgan fingerprint density at radius 2 is 2.00 bits per heavy atom. The average molecular weight is 328 g/mol. The van der Waals surface area contributed by atoms with Gasteiger partial charge in [-0.05, 0) is 31.9 Å². The summed E-state index contributed by atoms with van der Waals surface area (Å²) < 4.78 is 0. The summed E-state index contributed by atoms with van der Waals surface area (Å²) in [5.41, 5.74) is 0.717. The highest BCUT2D eigenvalue weighted by Crippen LogP contribution is 2.18. The monoisotopic (exact) mass is 327 g/mol. The van der Waals surface area contributed by atoms with Crippen molar-refractivity contribution in [3.63, 3.8) is 0 Å². The van der Waals surface area contributed by atoms with Gasteiger partial charge in [0.2, 0.25) is 0 Å². The number of nitrogens with one attached hydrogen (secondary N) is 3. The molecule has 3 N–H and O–H groups in total. The number of pyridine rings is 1. The smallest absolute Gasteiger partial charge is 0.261 e. The molecular weight excluding hydrogens is 306 g/mol. The largest absolute Gasteiger partial charge is 0.351 e. The van der Waals surface area contributed by atoms with Gasteiger partial charge < -0.3 is 15.6 Å². The van der Waals surface area contributed by atoms with Crippen molar-refractivity contribution < 1.29 is 9.59 Å². The lowest BCUT2D eigenvalue weighted by Gasteiger charge is -2.15. The Bertz CT molecular complexity index is 598. The van der Waals surface area contributed by atoms with Crippen molar-refractivity contribution in [2.45, 2.75) is 32.6 Å². The zero-order valence-electron chi connectivity index (χ0n) is 12.7. The molecule has 1 aliphatic rings. The van der Waals surface area contributed by atoms with E-state index in [0.29, 0.717) is 37.2 Å². The number of carbonyl (C=O) groups excluding carboxylic acids is 2. The summed E-state index contributed by atoms with van der Waals surface area (Å²) in [6.07, 6.45) is 2.93. The number of halogens is 1. The zero-order valence-corrected chi connectivity index (χ0v) is 13.5. The quantitative estimate of drug-likeness (QED) is 0.681. The number of hydrogen-bond acceptors (Lipinski definition) is 4. The highest BCUT2D eigenvalue weighted by Gasteiger charge is 2.21. The highest BCUT2D eigenvalue weighted by atomic mass is 35.5. The van der Waals surface area contributed by atoms with Crippen LogP contribution in [0.25, 0.3) is 0 Å². The Kier molecular flexibility index (Phi) is 7.27. The third kappa shape index (κ3) is 4.42. The van der Waals surface area contributed by atoms with Crippen LogP contribution in [0.2, 0.25) is 0 Å². The fourth-order valence-corrected chi connectivity index (χ4v) is 2.41. The Morgan fingerprint density at radius 1 is 1.23 bits per heavy atom. The minimum absolute atomic E-state index is 0. The van der Waals surface area contributed by atoms with Crippen molar-refractivity contribution in [3.8, 4) is 0 Å². The average Bonchev–Trinajstić information content (AvgIpc) is 2.46. The molecule has 0 saturated carbocycles. The van der Waals surface area contributed by atoms with Gasteiger partial charge in [-0.1, -0.05) is 6.92 Å². The van der Waals surface area contributed by atoms with Crippen LogP contribution in [-0.2, 0) is 6.42 Å². The second kappa shape index (κ2) is 8.70. The molecule has 6 nitrogen and oxygen atoms in total. The summed E-state index contributed by atoms with van der Waals surface area (Å²) in [5, 5.41) is 5.85. The number of aromatic amines is 1. The first-order valence-corrected chi connectivity index (χ1v) is 7.41. The molecule has 0 unspecified atom stereocenters. The Morgan fingerprint density at radius 3 is 2.73 bits per heavy atom. The lowest BCUT2D eigenvalue weighted by atomic mass is 9.93. The van der Waals surface area contributed by atoms with E-state index in [-0.39, 0.29) is 23.8 Å². The predicted octanol–water partition coefficient (Wildman–Crippen LogP) is 1.05. The van der Waals surface area contributed by atoms with Crippen LogP contribution >= 0.6 is 12.4 Å². The molecule has 0 fully saturated rings. The van der Waals surface area contributed by atoms with Gasteiger partial charge in [-0.25, -0.2) is 0 Å². The van der Waals surface area contributed by atoms with Gasteiger partial charge in [-0.2, -0.15) is 0 Å². The molecule has 0 atom stereocenters. The summed E-state index contributed by atoms with van der Waals surface area (Å²) in [6, 6.07) is 1.43. The molecule has 0 bridgehead atoms. The van der Waals surface area contributed by atoms with E-state index in [1.165, 1.54) is 6.07 Å². The second-order valence-corrected chi connectivity index (χ2v) is 5.19. The second-order valence-electron chi connectivity index (χ2n) is 5.19. The molecule has 1 aliphatic carbocycles. The Hall–Kier alpha value is -1.66. The number of fused-ring (bicyclic) bond motifs is 1. The van der Waals surface area contributed by atoms with Gasteiger partial charge in [0.15, 0.2) is 5.78 Å². The molecule has 0 spiro atoms. The van der Waals surface area contributed by atoms with Gasteiger partial charge in [0.1, 0.15) is 5.56 Å². The number of hydrogen-bond donors (Lipinski definition) is 3. The number of rotatable bonds is 6.